The van der Waals surface area contributed by atoms with Gasteiger partial charge in [0.2, 0.25) is 5.91 Å². The summed E-state index contributed by atoms with van der Waals surface area (Å²) in [6, 6.07) is 14.9. The number of hydrogen-bond acceptors (Lipinski definition) is 3. The number of carbonyl (C=O) groups is 2. The lowest BCUT2D eigenvalue weighted by molar-refractivity contribution is -0.117. The van der Waals surface area contributed by atoms with Crippen LogP contribution in [0, 0.1) is 0 Å². The average Bonchev–Trinajstić information content (AvgIpc) is 2.74. The molecule has 0 aromatic heterocycles. The number of ether oxygens (including phenoxy) is 1. The van der Waals surface area contributed by atoms with Gasteiger partial charge < -0.3 is 10.1 Å². The molecule has 5 heteroatoms. The van der Waals surface area contributed by atoms with E-state index in [1.807, 2.05) is 36.4 Å². The molecule has 2 aromatic carbocycles. The highest BCUT2D eigenvalue weighted by Gasteiger charge is 2.19. The van der Waals surface area contributed by atoms with Gasteiger partial charge in [-0.05, 0) is 61.4 Å². The van der Waals surface area contributed by atoms with Crippen LogP contribution < -0.4 is 5.32 Å². The number of amides is 1. The Labute approximate surface area is 170 Å². The highest BCUT2D eigenvalue weighted by molar-refractivity contribution is 6.31. The van der Waals surface area contributed by atoms with Crippen LogP contribution in [0.4, 0.5) is 0 Å². The molecule has 3 rings (SSSR count). The van der Waals surface area contributed by atoms with E-state index in [0.29, 0.717) is 12.1 Å². The first-order valence-corrected chi connectivity index (χ1v) is 9.86. The van der Waals surface area contributed by atoms with E-state index in [2.05, 4.69) is 5.32 Å². The third-order valence-corrected chi connectivity index (χ3v) is 5.41. The van der Waals surface area contributed by atoms with E-state index in [4.69, 9.17) is 16.3 Å². The Balaban J connectivity index is 1.68. The summed E-state index contributed by atoms with van der Waals surface area (Å²) in [4.78, 5) is 24.3. The molecule has 2 aromatic rings. The zero-order valence-corrected chi connectivity index (χ0v) is 16.7. The summed E-state index contributed by atoms with van der Waals surface area (Å²) in [6.07, 6.45) is 4.58. The number of carbonyl (C=O) groups excluding carboxylic acids is 2. The lowest BCUT2D eigenvalue weighted by Crippen LogP contribution is -2.27. The third-order valence-electron chi connectivity index (χ3n) is 5.05. The molecule has 0 bridgehead atoms. The van der Waals surface area contributed by atoms with Crippen molar-refractivity contribution in [3.8, 4) is 0 Å². The maximum atomic E-state index is 12.8. The summed E-state index contributed by atoms with van der Waals surface area (Å²) in [5, 5.41) is 3.76. The van der Waals surface area contributed by atoms with Crippen LogP contribution in [0.2, 0.25) is 5.02 Å². The Bertz CT molecular complexity index is 887. The molecular weight excluding hydrogens is 374 g/mol. The SMILES string of the molecule is COC(=O)c1ccc(CNC(=O)C2=C(Cc3ccccc3Cl)CCCC2)cc1. The number of hydrogen-bond donors (Lipinski definition) is 1. The maximum Gasteiger partial charge on any atom is 0.337 e. The average molecular weight is 398 g/mol. The van der Waals surface area contributed by atoms with Crippen molar-refractivity contribution in [1.29, 1.82) is 0 Å². The van der Waals surface area contributed by atoms with Crippen LogP contribution in [0.25, 0.3) is 0 Å². The number of halogens is 1. The van der Waals surface area contributed by atoms with E-state index in [0.717, 1.165) is 53.8 Å². The molecule has 146 valence electrons. The molecule has 1 amide bonds. The lowest BCUT2D eigenvalue weighted by atomic mass is 9.87. The topological polar surface area (TPSA) is 55.4 Å². The summed E-state index contributed by atoms with van der Waals surface area (Å²) >= 11 is 6.30. The van der Waals surface area contributed by atoms with Gasteiger partial charge in [-0.3, -0.25) is 4.79 Å². The Hall–Kier alpha value is -2.59. The van der Waals surface area contributed by atoms with E-state index >= 15 is 0 Å². The van der Waals surface area contributed by atoms with Gasteiger partial charge in [-0.2, -0.15) is 0 Å². The number of benzene rings is 2. The van der Waals surface area contributed by atoms with Crippen LogP contribution in [0.5, 0.6) is 0 Å². The lowest BCUT2D eigenvalue weighted by Gasteiger charge is -2.20. The molecule has 0 saturated heterocycles. The van der Waals surface area contributed by atoms with Crippen molar-refractivity contribution < 1.29 is 14.3 Å². The number of nitrogens with one attached hydrogen (secondary N) is 1. The minimum absolute atomic E-state index is 0.0150. The van der Waals surface area contributed by atoms with Gasteiger partial charge in [-0.1, -0.05) is 47.5 Å². The molecule has 0 atom stereocenters. The fourth-order valence-corrected chi connectivity index (χ4v) is 3.68. The van der Waals surface area contributed by atoms with Gasteiger partial charge in [-0.15, -0.1) is 0 Å². The zero-order chi connectivity index (χ0) is 19.9. The number of rotatable bonds is 6. The summed E-state index contributed by atoms with van der Waals surface area (Å²) < 4.78 is 4.70. The Morgan fingerprint density at radius 2 is 1.75 bits per heavy atom. The minimum Gasteiger partial charge on any atom is -0.465 e. The Morgan fingerprint density at radius 1 is 1.04 bits per heavy atom. The molecule has 1 aliphatic rings. The molecule has 0 fully saturated rings. The van der Waals surface area contributed by atoms with Gasteiger partial charge in [0.15, 0.2) is 0 Å². The van der Waals surface area contributed by atoms with Gasteiger partial charge in [0.05, 0.1) is 12.7 Å². The van der Waals surface area contributed by atoms with E-state index < -0.39 is 0 Å². The molecule has 1 N–H and O–H groups in total. The normalized spacial score (nSPS) is 13.9. The largest absolute Gasteiger partial charge is 0.465 e. The first kappa shape index (κ1) is 20.2. The molecule has 4 nitrogen and oxygen atoms in total. The van der Waals surface area contributed by atoms with E-state index in [-0.39, 0.29) is 11.9 Å². The van der Waals surface area contributed by atoms with Gasteiger partial charge in [-0.25, -0.2) is 4.79 Å². The first-order chi connectivity index (χ1) is 13.6. The molecule has 0 spiro atoms. The van der Waals surface area contributed by atoms with Crippen LogP contribution in [-0.2, 0) is 22.5 Å². The van der Waals surface area contributed by atoms with Gasteiger partial charge in [0.1, 0.15) is 0 Å². The van der Waals surface area contributed by atoms with Gasteiger partial charge >= 0.3 is 5.97 Å². The highest BCUT2D eigenvalue weighted by Crippen LogP contribution is 2.29. The predicted octanol–water partition coefficient (Wildman–Crippen LogP) is 4.86. The van der Waals surface area contributed by atoms with Gasteiger partial charge in [0.25, 0.3) is 0 Å². The first-order valence-electron chi connectivity index (χ1n) is 9.48. The summed E-state index contributed by atoms with van der Waals surface area (Å²) in [7, 11) is 1.36. The van der Waals surface area contributed by atoms with Crippen molar-refractivity contribution >= 4 is 23.5 Å². The van der Waals surface area contributed by atoms with Crippen molar-refractivity contribution in [2.75, 3.05) is 7.11 Å². The second-order valence-electron chi connectivity index (χ2n) is 6.93. The second-order valence-corrected chi connectivity index (χ2v) is 7.34. The molecule has 0 aliphatic heterocycles. The highest BCUT2D eigenvalue weighted by atomic mass is 35.5. The molecule has 1 aliphatic carbocycles. The fraction of sp³-hybridized carbons (Fsp3) is 0.304. The van der Waals surface area contributed by atoms with Gasteiger partial charge in [0, 0.05) is 17.1 Å². The van der Waals surface area contributed by atoms with E-state index in [1.165, 1.54) is 12.7 Å². The molecule has 0 unspecified atom stereocenters. The third kappa shape index (κ3) is 5.02. The van der Waals surface area contributed by atoms with Crippen LogP contribution in [-0.4, -0.2) is 19.0 Å². The Morgan fingerprint density at radius 3 is 2.46 bits per heavy atom. The second kappa shape index (κ2) is 9.56. The summed E-state index contributed by atoms with van der Waals surface area (Å²) in [6.45, 7) is 0.420. The molecule has 0 heterocycles. The number of esters is 1. The summed E-state index contributed by atoms with van der Waals surface area (Å²) in [5.41, 5.74) is 4.56. The molecule has 0 saturated carbocycles. The van der Waals surface area contributed by atoms with Crippen molar-refractivity contribution in [2.45, 2.75) is 38.6 Å². The zero-order valence-electron chi connectivity index (χ0n) is 16.0. The van der Waals surface area contributed by atoms with E-state index in [9.17, 15) is 9.59 Å². The number of methoxy groups -OCH3 is 1. The Kier molecular flexibility index (Phi) is 6.88. The van der Waals surface area contributed by atoms with Crippen molar-refractivity contribution in [1.82, 2.24) is 5.32 Å². The quantitative estimate of drug-likeness (QED) is 0.708. The van der Waals surface area contributed by atoms with E-state index in [1.54, 1.807) is 12.1 Å². The van der Waals surface area contributed by atoms with Crippen LogP contribution in [0.15, 0.2) is 59.7 Å². The fourth-order valence-electron chi connectivity index (χ4n) is 3.47. The number of allylic oxidation sites excluding steroid dienone is 1. The standard InChI is InChI=1S/C23H24ClNO3/c1-28-23(27)17-12-10-16(11-13-17)15-25-22(26)20-8-4-2-6-18(20)14-19-7-3-5-9-21(19)24/h3,5,7,9-13H,2,4,6,8,14-15H2,1H3,(H,25,26). The smallest absolute Gasteiger partial charge is 0.337 e. The van der Waals surface area contributed by atoms with Crippen LogP contribution in [0.1, 0.15) is 47.2 Å². The molecule has 28 heavy (non-hydrogen) atoms. The van der Waals surface area contributed by atoms with Crippen LogP contribution in [0.3, 0.4) is 0 Å². The van der Waals surface area contributed by atoms with Crippen LogP contribution >= 0.6 is 11.6 Å². The minimum atomic E-state index is -0.368. The predicted molar refractivity (Wildman–Crippen MR) is 110 cm³/mol. The molecule has 0 radical (unpaired) electrons. The molecular formula is C23H24ClNO3. The summed E-state index contributed by atoms with van der Waals surface area (Å²) in [5.74, 6) is -0.383. The maximum absolute atomic E-state index is 12.8. The van der Waals surface area contributed by atoms with Crippen molar-refractivity contribution in [3.05, 3.63) is 81.4 Å². The monoisotopic (exact) mass is 397 g/mol. The van der Waals surface area contributed by atoms with Crippen molar-refractivity contribution in [2.24, 2.45) is 0 Å². The van der Waals surface area contributed by atoms with Crippen molar-refractivity contribution in [3.63, 3.8) is 0 Å².